The smallest absolute Gasteiger partial charge is 0.228 e. The van der Waals surface area contributed by atoms with Gasteiger partial charge in [-0.25, -0.2) is 4.98 Å². The summed E-state index contributed by atoms with van der Waals surface area (Å²) in [5, 5.41) is 9.42. The van der Waals surface area contributed by atoms with E-state index in [0.717, 1.165) is 17.1 Å². The number of thiazole rings is 1. The Balaban J connectivity index is 1.64. The average Bonchev–Trinajstić information content (AvgIpc) is 3.06. The van der Waals surface area contributed by atoms with Crippen LogP contribution in [-0.2, 0) is 11.3 Å². The Morgan fingerprint density at radius 2 is 2.38 bits per heavy atom. The molecule has 4 nitrogen and oxygen atoms in total. The summed E-state index contributed by atoms with van der Waals surface area (Å²) in [6, 6.07) is 8.17. The zero-order valence-electron chi connectivity index (χ0n) is 12.0. The zero-order chi connectivity index (χ0) is 14.7. The molecule has 0 spiro atoms. The molecular formula is C16H19N3OS. The molecule has 3 rings (SSSR count). The van der Waals surface area contributed by atoms with Gasteiger partial charge in [0.15, 0.2) is 0 Å². The van der Waals surface area contributed by atoms with Crippen molar-refractivity contribution in [3.05, 3.63) is 52.0 Å². The van der Waals surface area contributed by atoms with Crippen molar-refractivity contribution in [3.63, 3.8) is 0 Å². The molecule has 0 radical (unpaired) electrons. The van der Waals surface area contributed by atoms with Gasteiger partial charge in [0.1, 0.15) is 0 Å². The summed E-state index contributed by atoms with van der Waals surface area (Å²) in [4.78, 5) is 16.8. The summed E-state index contributed by atoms with van der Waals surface area (Å²) in [7, 11) is 0. The first-order valence-electron chi connectivity index (χ1n) is 7.21. The van der Waals surface area contributed by atoms with Gasteiger partial charge < -0.3 is 10.6 Å². The quantitative estimate of drug-likeness (QED) is 0.910. The SMILES string of the molecule is CC(CNC(=O)C1CNCc2ccccc21)c1nccs1. The summed E-state index contributed by atoms with van der Waals surface area (Å²) in [6.45, 7) is 4.27. The predicted octanol–water partition coefficient (Wildman–Crippen LogP) is 2.25. The van der Waals surface area contributed by atoms with Crippen LogP contribution in [0.2, 0.25) is 0 Å². The molecule has 5 heteroatoms. The molecule has 0 saturated heterocycles. The fraction of sp³-hybridized carbons (Fsp3) is 0.375. The van der Waals surface area contributed by atoms with Crippen LogP contribution in [0.15, 0.2) is 35.8 Å². The van der Waals surface area contributed by atoms with E-state index in [1.165, 1.54) is 5.56 Å². The number of rotatable bonds is 4. The normalized spacial score (nSPS) is 18.8. The maximum Gasteiger partial charge on any atom is 0.228 e. The van der Waals surface area contributed by atoms with E-state index in [0.29, 0.717) is 13.1 Å². The van der Waals surface area contributed by atoms with E-state index < -0.39 is 0 Å². The van der Waals surface area contributed by atoms with Crippen LogP contribution in [0.4, 0.5) is 0 Å². The molecule has 2 N–H and O–H groups in total. The molecular weight excluding hydrogens is 282 g/mol. The van der Waals surface area contributed by atoms with Gasteiger partial charge >= 0.3 is 0 Å². The third-order valence-corrected chi connectivity index (χ3v) is 4.87. The van der Waals surface area contributed by atoms with Gasteiger partial charge in [0.2, 0.25) is 5.91 Å². The van der Waals surface area contributed by atoms with Crippen LogP contribution < -0.4 is 10.6 Å². The summed E-state index contributed by atoms with van der Waals surface area (Å²) >= 11 is 1.63. The molecule has 2 atom stereocenters. The van der Waals surface area contributed by atoms with Crippen molar-refractivity contribution in [3.8, 4) is 0 Å². The third-order valence-electron chi connectivity index (χ3n) is 3.87. The molecule has 0 fully saturated rings. The topological polar surface area (TPSA) is 54.0 Å². The highest BCUT2D eigenvalue weighted by molar-refractivity contribution is 7.09. The lowest BCUT2D eigenvalue weighted by Gasteiger charge is -2.26. The fourth-order valence-electron chi connectivity index (χ4n) is 2.67. The number of carbonyl (C=O) groups is 1. The lowest BCUT2D eigenvalue weighted by molar-refractivity contribution is -0.122. The van der Waals surface area contributed by atoms with E-state index >= 15 is 0 Å². The second-order valence-electron chi connectivity index (χ2n) is 5.40. The lowest BCUT2D eigenvalue weighted by atomic mass is 9.90. The van der Waals surface area contributed by atoms with E-state index in [-0.39, 0.29) is 17.7 Å². The standard InChI is InChI=1S/C16H19N3OS/c1-11(16-18-6-7-21-16)8-19-15(20)14-10-17-9-12-4-2-3-5-13(12)14/h2-7,11,14,17H,8-10H2,1H3,(H,19,20). The van der Waals surface area contributed by atoms with Crippen molar-refractivity contribution < 1.29 is 4.79 Å². The minimum absolute atomic E-state index is 0.0954. The van der Waals surface area contributed by atoms with Crippen molar-refractivity contribution in [2.24, 2.45) is 0 Å². The molecule has 1 aliphatic rings. The number of hydrogen-bond acceptors (Lipinski definition) is 4. The number of hydrogen-bond donors (Lipinski definition) is 2. The Kier molecular flexibility index (Phi) is 4.31. The summed E-state index contributed by atoms with van der Waals surface area (Å²) in [5.41, 5.74) is 2.37. The molecule has 1 aliphatic heterocycles. The Morgan fingerprint density at radius 3 is 3.19 bits per heavy atom. The van der Waals surface area contributed by atoms with Gasteiger partial charge in [-0.1, -0.05) is 31.2 Å². The van der Waals surface area contributed by atoms with Crippen LogP contribution in [0.1, 0.15) is 34.9 Å². The van der Waals surface area contributed by atoms with E-state index in [4.69, 9.17) is 0 Å². The van der Waals surface area contributed by atoms with Crippen molar-refractivity contribution in [2.45, 2.75) is 25.3 Å². The Labute approximate surface area is 128 Å². The fourth-order valence-corrected chi connectivity index (χ4v) is 3.37. The molecule has 0 saturated carbocycles. The summed E-state index contributed by atoms with van der Waals surface area (Å²) in [5.74, 6) is 0.247. The first-order valence-corrected chi connectivity index (χ1v) is 8.09. The number of nitrogens with zero attached hydrogens (tertiary/aromatic N) is 1. The molecule has 0 aliphatic carbocycles. The van der Waals surface area contributed by atoms with E-state index in [9.17, 15) is 4.79 Å². The first-order chi connectivity index (χ1) is 10.3. The highest BCUT2D eigenvalue weighted by atomic mass is 32.1. The van der Waals surface area contributed by atoms with E-state index in [1.54, 1.807) is 17.5 Å². The Morgan fingerprint density at radius 1 is 1.52 bits per heavy atom. The van der Waals surface area contributed by atoms with Crippen LogP contribution in [0.25, 0.3) is 0 Å². The van der Waals surface area contributed by atoms with Crippen molar-refractivity contribution >= 4 is 17.2 Å². The second-order valence-corrected chi connectivity index (χ2v) is 6.32. The van der Waals surface area contributed by atoms with Crippen molar-refractivity contribution in [1.82, 2.24) is 15.6 Å². The zero-order valence-corrected chi connectivity index (χ0v) is 12.8. The maximum absolute atomic E-state index is 12.5. The molecule has 1 aromatic carbocycles. The number of carbonyl (C=O) groups excluding carboxylic acids is 1. The highest BCUT2D eigenvalue weighted by Gasteiger charge is 2.26. The predicted molar refractivity (Wildman–Crippen MR) is 84.4 cm³/mol. The van der Waals surface area contributed by atoms with Crippen molar-refractivity contribution in [1.29, 1.82) is 0 Å². The third kappa shape index (κ3) is 3.14. The molecule has 2 heterocycles. The Bertz CT molecular complexity index is 612. The minimum atomic E-state index is -0.0987. The summed E-state index contributed by atoms with van der Waals surface area (Å²) < 4.78 is 0. The highest BCUT2D eigenvalue weighted by Crippen LogP contribution is 2.24. The van der Waals surface area contributed by atoms with Gasteiger partial charge in [0.05, 0.1) is 10.9 Å². The first kappa shape index (κ1) is 14.2. The Hall–Kier alpha value is -1.72. The number of fused-ring (bicyclic) bond motifs is 1. The molecule has 1 aromatic heterocycles. The van der Waals surface area contributed by atoms with Crippen LogP contribution in [0.5, 0.6) is 0 Å². The molecule has 110 valence electrons. The van der Waals surface area contributed by atoms with Gasteiger partial charge in [-0.3, -0.25) is 4.79 Å². The molecule has 2 unspecified atom stereocenters. The minimum Gasteiger partial charge on any atom is -0.355 e. The number of benzene rings is 1. The molecule has 0 bridgehead atoms. The maximum atomic E-state index is 12.5. The van der Waals surface area contributed by atoms with Gasteiger partial charge in [-0.05, 0) is 11.1 Å². The van der Waals surface area contributed by atoms with Crippen LogP contribution in [0.3, 0.4) is 0 Å². The van der Waals surface area contributed by atoms with Gasteiger partial charge in [-0.2, -0.15) is 0 Å². The number of amides is 1. The van der Waals surface area contributed by atoms with Crippen LogP contribution in [-0.4, -0.2) is 24.0 Å². The van der Waals surface area contributed by atoms with Crippen LogP contribution >= 0.6 is 11.3 Å². The molecule has 2 aromatic rings. The van der Waals surface area contributed by atoms with Crippen molar-refractivity contribution in [2.75, 3.05) is 13.1 Å². The molecule has 21 heavy (non-hydrogen) atoms. The number of aromatic nitrogens is 1. The monoisotopic (exact) mass is 301 g/mol. The largest absolute Gasteiger partial charge is 0.355 e. The van der Waals surface area contributed by atoms with E-state index in [1.807, 2.05) is 17.5 Å². The lowest BCUT2D eigenvalue weighted by Crippen LogP contribution is -2.40. The summed E-state index contributed by atoms with van der Waals surface area (Å²) in [6.07, 6.45) is 1.81. The van der Waals surface area contributed by atoms with Gasteiger partial charge in [0, 0.05) is 37.1 Å². The van der Waals surface area contributed by atoms with Gasteiger partial charge in [0.25, 0.3) is 0 Å². The van der Waals surface area contributed by atoms with Gasteiger partial charge in [-0.15, -0.1) is 11.3 Å². The second kappa shape index (κ2) is 6.37. The van der Waals surface area contributed by atoms with E-state index in [2.05, 4.69) is 34.7 Å². The van der Waals surface area contributed by atoms with Crippen LogP contribution in [0, 0.1) is 0 Å². The molecule has 1 amide bonds. The number of nitrogens with one attached hydrogen (secondary N) is 2. The average molecular weight is 301 g/mol.